The molecule has 0 aliphatic carbocycles. The summed E-state index contributed by atoms with van der Waals surface area (Å²) < 4.78 is 49.7. The number of amides is 1. The molecule has 10 heteroatoms. The summed E-state index contributed by atoms with van der Waals surface area (Å²) in [5.41, 5.74) is 6.02. The molecule has 2 fully saturated rings. The molecule has 2 aromatic heterocycles. The Labute approximate surface area is 206 Å². The lowest BCUT2D eigenvalue weighted by atomic mass is 9.73. The molecule has 0 aromatic carbocycles. The second-order valence-corrected chi connectivity index (χ2v) is 9.64. The fourth-order valence-electron chi connectivity index (χ4n) is 4.47. The number of likely N-dealkylation sites (tertiary alicyclic amines) is 1. The number of rotatable bonds is 6. The van der Waals surface area contributed by atoms with Crippen LogP contribution in [0.1, 0.15) is 48.1 Å². The van der Waals surface area contributed by atoms with Crippen molar-refractivity contribution in [1.82, 2.24) is 9.88 Å². The standard InChI is InChI=1S/C25H28F3N3O3S/c1-2-20-19(4-3-11-29)24(16-33-20)9-12-31(13-10-24)23(32)21-7-6-18(34-21)15-35-22-8-5-17(14-30-22)25(26,27)28/h2,4-8,14H,3,9-13,15-16,29H2,1H3/b19-4+,20-2+. The Bertz CT molecular complexity index is 1100. The Morgan fingerprint density at radius 1 is 1.26 bits per heavy atom. The van der Waals surface area contributed by atoms with Crippen molar-refractivity contribution in [3.63, 3.8) is 0 Å². The number of allylic oxidation sites excluding steroid dienone is 2. The summed E-state index contributed by atoms with van der Waals surface area (Å²) >= 11 is 1.24. The van der Waals surface area contributed by atoms with Crippen molar-refractivity contribution < 1.29 is 27.1 Å². The van der Waals surface area contributed by atoms with Crippen LogP contribution in [0.3, 0.4) is 0 Å². The lowest BCUT2D eigenvalue weighted by molar-refractivity contribution is -0.137. The van der Waals surface area contributed by atoms with Crippen LogP contribution in [0.25, 0.3) is 0 Å². The lowest BCUT2D eigenvalue weighted by Crippen LogP contribution is -2.44. The maximum absolute atomic E-state index is 13.0. The average molecular weight is 508 g/mol. The molecule has 2 aliphatic heterocycles. The van der Waals surface area contributed by atoms with Gasteiger partial charge in [-0.2, -0.15) is 13.2 Å². The number of carbonyl (C=O) groups excluding carboxylic acids is 1. The van der Waals surface area contributed by atoms with Gasteiger partial charge >= 0.3 is 6.18 Å². The van der Waals surface area contributed by atoms with Crippen molar-refractivity contribution >= 4 is 17.7 Å². The van der Waals surface area contributed by atoms with Gasteiger partial charge in [-0.05, 0) is 68.6 Å². The first-order valence-corrected chi connectivity index (χ1v) is 12.5. The zero-order chi connectivity index (χ0) is 25.1. The number of alkyl halides is 3. The fraction of sp³-hybridized carbons (Fsp3) is 0.440. The van der Waals surface area contributed by atoms with Crippen molar-refractivity contribution in [2.75, 3.05) is 26.2 Å². The normalized spacial score (nSPS) is 20.1. The quantitative estimate of drug-likeness (QED) is 0.526. The highest BCUT2D eigenvalue weighted by Crippen LogP contribution is 2.48. The summed E-state index contributed by atoms with van der Waals surface area (Å²) in [7, 11) is 0. The first-order valence-electron chi connectivity index (χ1n) is 11.5. The summed E-state index contributed by atoms with van der Waals surface area (Å²) in [5.74, 6) is 1.92. The van der Waals surface area contributed by atoms with Crippen LogP contribution in [-0.2, 0) is 16.7 Å². The predicted octanol–water partition coefficient (Wildman–Crippen LogP) is 5.42. The summed E-state index contributed by atoms with van der Waals surface area (Å²) in [6.07, 6.45) is 2.94. The molecule has 2 aromatic rings. The molecule has 35 heavy (non-hydrogen) atoms. The number of nitrogens with two attached hydrogens (primary N) is 1. The van der Waals surface area contributed by atoms with Crippen LogP contribution in [0.2, 0.25) is 0 Å². The molecule has 0 saturated carbocycles. The van der Waals surface area contributed by atoms with Gasteiger partial charge < -0.3 is 19.8 Å². The van der Waals surface area contributed by atoms with Crippen LogP contribution < -0.4 is 5.73 Å². The monoisotopic (exact) mass is 507 g/mol. The second-order valence-electron chi connectivity index (χ2n) is 8.65. The first kappa shape index (κ1) is 25.4. The number of piperidine rings is 1. The van der Waals surface area contributed by atoms with Gasteiger partial charge in [-0.15, -0.1) is 0 Å². The van der Waals surface area contributed by atoms with Crippen molar-refractivity contribution in [2.45, 2.75) is 43.1 Å². The fourth-order valence-corrected chi connectivity index (χ4v) is 5.21. The topological polar surface area (TPSA) is 81.6 Å². The van der Waals surface area contributed by atoms with E-state index in [2.05, 4.69) is 11.1 Å². The summed E-state index contributed by atoms with van der Waals surface area (Å²) in [4.78, 5) is 18.7. The predicted molar refractivity (Wildman–Crippen MR) is 127 cm³/mol. The van der Waals surface area contributed by atoms with E-state index in [9.17, 15) is 18.0 Å². The number of aromatic nitrogens is 1. The molecule has 2 aliphatic rings. The number of ether oxygens (including phenoxy) is 1. The number of halogens is 3. The van der Waals surface area contributed by atoms with Crippen molar-refractivity contribution in [3.8, 4) is 0 Å². The van der Waals surface area contributed by atoms with E-state index in [0.717, 1.165) is 37.3 Å². The smallest absolute Gasteiger partial charge is 0.417 e. The van der Waals surface area contributed by atoms with Gasteiger partial charge in [-0.25, -0.2) is 4.98 Å². The number of pyridine rings is 1. The molecule has 1 amide bonds. The minimum absolute atomic E-state index is 0.0899. The van der Waals surface area contributed by atoms with Gasteiger partial charge in [0.25, 0.3) is 5.91 Å². The molecule has 0 bridgehead atoms. The van der Waals surface area contributed by atoms with E-state index in [1.54, 1.807) is 17.0 Å². The van der Waals surface area contributed by atoms with Gasteiger partial charge in [0.15, 0.2) is 5.76 Å². The molecule has 1 spiro atoms. The zero-order valence-corrected chi connectivity index (χ0v) is 20.3. The van der Waals surface area contributed by atoms with Gasteiger partial charge in [0.2, 0.25) is 0 Å². The summed E-state index contributed by atoms with van der Waals surface area (Å²) in [6, 6.07) is 5.69. The molecule has 0 unspecified atom stereocenters. The maximum Gasteiger partial charge on any atom is 0.417 e. The molecule has 6 nitrogen and oxygen atoms in total. The van der Waals surface area contributed by atoms with Crippen LogP contribution in [0.4, 0.5) is 13.2 Å². The maximum atomic E-state index is 13.0. The van der Waals surface area contributed by atoms with Crippen molar-refractivity contribution in [3.05, 3.63) is 71.0 Å². The number of hydrogen-bond donors (Lipinski definition) is 1. The van der Waals surface area contributed by atoms with Crippen LogP contribution >= 0.6 is 11.8 Å². The van der Waals surface area contributed by atoms with E-state index in [1.807, 2.05) is 13.0 Å². The highest BCUT2D eigenvalue weighted by molar-refractivity contribution is 7.98. The molecule has 2 saturated heterocycles. The largest absolute Gasteiger partial charge is 0.493 e. The third-order valence-electron chi connectivity index (χ3n) is 6.42. The van der Waals surface area contributed by atoms with Gasteiger partial charge in [0, 0.05) is 24.7 Å². The van der Waals surface area contributed by atoms with E-state index in [0.29, 0.717) is 42.8 Å². The van der Waals surface area contributed by atoms with Gasteiger partial charge in [0.1, 0.15) is 11.5 Å². The molecule has 0 radical (unpaired) electrons. The molecular weight excluding hydrogens is 479 g/mol. The Hall–Kier alpha value is -2.72. The molecule has 4 rings (SSSR count). The van der Waals surface area contributed by atoms with Crippen LogP contribution in [-0.4, -0.2) is 42.0 Å². The van der Waals surface area contributed by atoms with E-state index in [-0.39, 0.29) is 17.1 Å². The molecule has 0 atom stereocenters. The van der Waals surface area contributed by atoms with Gasteiger partial charge in [-0.1, -0.05) is 17.8 Å². The first-order chi connectivity index (χ1) is 16.8. The van der Waals surface area contributed by atoms with Crippen molar-refractivity contribution in [2.24, 2.45) is 11.1 Å². The Morgan fingerprint density at radius 2 is 2.03 bits per heavy atom. The van der Waals surface area contributed by atoms with Gasteiger partial charge in [0.05, 0.1) is 22.9 Å². The summed E-state index contributed by atoms with van der Waals surface area (Å²) in [6.45, 7) is 4.35. The average Bonchev–Trinajstić information content (AvgIpc) is 3.46. The third kappa shape index (κ3) is 5.59. The second kappa shape index (κ2) is 10.5. The van der Waals surface area contributed by atoms with Crippen LogP contribution in [0.15, 0.2) is 63.4 Å². The van der Waals surface area contributed by atoms with E-state index < -0.39 is 11.7 Å². The van der Waals surface area contributed by atoms with Crippen LogP contribution in [0.5, 0.6) is 0 Å². The van der Waals surface area contributed by atoms with Crippen LogP contribution in [0, 0.1) is 5.41 Å². The molecule has 2 N–H and O–H groups in total. The Morgan fingerprint density at radius 3 is 2.66 bits per heavy atom. The molecule has 4 heterocycles. The third-order valence-corrected chi connectivity index (χ3v) is 7.39. The number of hydrogen-bond acceptors (Lipinski definition) is 6. The summed E-state index contributed by atoms with van der Waals surface area (Å²) in [5, 5.41) is 0.446. The Kier molecular flexibility index (Phi) is 7.61. The number of nitrogens with zero attached hydrogens (tertiary/aromatic N) is 2. The van der Waals surface area contributed by atoms with Crippen molar-refractivity contribution in [1.29, 1.82) is 0 Å². The molecule has 188 valence electrons. The minimum Gasteiger partial charge on any atom is -0.493 e. The highest BCUT2D eigenvalue weighted by Gasteiger charge is 2.45. The SMILES string of the molecule is C/C=C1/OCC2(CCN(C(=O)c3ccc(CSc4ccc(C(F)(F)F)cn4)o3)CC2)/C1=C/CCN. The van der Waals surface area contributed by atoms with Gasteiger partial charge in [-0.3, -0.25) is 4.79 Å². The lowest BCUT2D eigenvalue weighted by Gasteiger charge is -2.38. The van der Waals surface area contributed by atoms with E-state index in [1.165, 1.54) is 23.4 Å². The number of thioether (sulfide) groups is 1. The van der Waals surface area contributed by atoms with E-state index >= 15 is 0 Å². The number of furan rings is 1. The van der Waals surface area contributed by atoms with E-state index in [4.69, 9.17) is 14.9 Å². The number of carbonyl (C=O) groups is 1. The molecular formula is C25H28F3N3O3S. The minimum atomic E-state index is -4.41. The zero-order valence-electron chi connectivity index (χ0n) is 19.4. The Balaban J connectivity index is 1.34. The highest BCUT2D eigenvalue weighted by atomic mass is 32.2.